The Hall–Kier alpha value is -1.26. The number of ether oxygens (including phenoxy) is 2. The van der Waals surface area contributed by atoms with Gasteiger partial charge in [-0.15, -0.1) is 0 Å². The van der Waals surface area contributed by atoms with E-state index in [0.717, 1.165) is 64.2 Å². The standard InChI is InChI=1S/C29H55NO4/c1-26(2,3)15-10-12-18-33-24(31)14-17-29(9)21-23(20-28(7,8)22-29)30-25(32)34-19-13-11-16-27(4,5)6/h23H,10-22H2,1-9H3,(H,30,32). The van der Waals surface area contributed by atoms with Crippen LogP contribution in [-0.2, 0) is 14.3 Å². The molecule has 1 amide bonds. The highest BCUT2D eigenvalue weighted by Crippen LogP contribution is 2.48. The van der Waals surface area contributed by atoms with E-state index in [1.807, 2.05) is 0 Å². The van der Waals surface area contributed by atoms with Gasteiger partial charge in [0.2, 0.25) is 0 Å². The Balaban J connectivity index is 2.40. The molecule has 1 aliphatic carbocycles. The van der Waals surface area contributed by atoms with Crippen LogP contribution in [0.15, 0.2) is 0 Å². The minimum Gasteiger partial charge on any atom is -0.466 e. The molecule has 2 unspecified atom stereocenters. The number of hydrogen-bond acceptors (Lipinski definition) is 4. The van der Waals surface area contributed by atoms with Crippen molar-refractivity contribution < 1.29 is 19.1 Å². The summed E-state index contributed by atoms with van der Waals surface area (Å²) in [7, 11) is 0. The topological polar surface area (TPSA) is 64.6 Å². The molecule has 0 radical (unpaired) electrons. The average Bonchev–Trinajstić information content (AvgIpc) is 2.62. The van der Waals surface area contributed by atoms with E-state index in [1.54, 1.807) is 0 Å². The zero-order valence-electron chi connectivity index (χ0n) is 23.9. The molecule has 34 heavy (non-hydrogen) atoms. The quantitative estimate of drug-likeness (QED) is 0.226. The highest BCUT2D eigenvalue weighted by Gasteiger charge is 2.42. The Morgan fingerprint density at radius 2 is 1.35 bits per heavy atom. The molecule has 0 bridgehead atoms. The van der Waals surface area contributed by atoms with Crippen LogP contribution in [0.25, 0.3) is 0 Å². The minimum atomic E-state index is -0.310. The number of esters is 1. The second-order valence-corrected chi connectivity index (χ2v) is 14.3. The summed E-state index contributed by atoms with van der Waals surface area (Å²) < 4.78 is 10.9. The zero-order chi connectivity index (χ0) is 26.0. The lowest BCUT2D eigenvalue weighted by Gasteiger charge is -2.46. The number of unbranched alkanes of at least 4 members (excludes halogenated alkanes) is 2. The van der Waals surface area contributed by atoms with Gasteiger partial charge < -0.3 is 14.8 Å². The lowest BCUT2D eigenvalue weighted by Crippen LogP contribution is -2.47. The number of amides is 1. The Kier molecular flexibility index (Phi) is 11.9. The second-order valence-electron chi connectivity index (χ2n) is 14.3. The fourth-order valence-corrected chi connectivity index (χ4v) is 5.48. The number of rotatable bonds is 12. The summed E-state index contributed by atoms with van der Waals surface area (Å²) in [6.45, 7) is 21.2. The van der Waals surface area contributed by atoms with Gasteiger partial charge in [0.15, 0.2) is 0 Å². The van der Waals surface area contributed by atoms with Gasteiger partial charge in [0.05, 0.1) is 13.2 Å². The van der Waals surface area contributed by atoms with Crippen LogP contribution < -0.4 is 5.32 Å². The van der Waals surface area contributed by atoms with Crippen LogP contribution in [0.2, 0.25) is 0 Å². The number of carbonyl (C=O) groups excluding carboxylic acids is 2. The van der Waals surface area contributed by atoms with Crippen molar-refractivity contribution in [2.45, 2.75) is 139 Å². The van der Waals surface area contributed by atoms with Gasteiger partial charge in [-0.3, -0.25) is 4.79 Å². The van der Waals surface area contributed by atoms with Gasteiger partial charge in [-0.25, -0.2) is 4.79 Å². The number of carbonyl (C=O) groups is 2. The predicted octanol–water partition coefficient (Wildman–Crippen LogP) is 8.05. The molecular weight excluding hydrogens is 426 g/mol. The summed E-state index contributed by atoms with van der Waals surface area (Å²) in [5, 5.41) is 3.11. The maximum Gasteiger partial charge on any atom is 0.407 e. The van der Waals surface area contributed by atoms with Crippen LogP contribution >= 0.6 is 0 Å². The number of alkyl carbamates (subject to hydrolysis) is 1. The van der Waals surface area contributed by atoms with Gasteiger partial charge in [-0.05, 0) is 85.9 Å². The van der Waals surface area contributed by atoms with E-state index in [9.17, 15) is 9.59 Å². The first-order chi connectivity index (χ1) is 15.5. The zero-order valence-corrected chi connectivity index (χ0v) is 23.9. The van der Waals surface area contributed by atoms with E-state index in [-0.39, 0.29) is 28.9 Å². The molecule has 0 spiro atoms. The average molecular weight is 482 g/mol. The summed E-state index contributed by atoms with van der Waals surface area (Å²) in [6.07, 6.45) is 10.0. The van der Waals surface area contributed by atoms with Crippen LogP contribution in [0.1, 0.15) is 133 Å². The van der Waals surface area contributed by atoms with Crippen LogP contribution in [0.4, 0.5) is 4.79 Å². The lowest BCUT2D eigenvalue weighted by atomic mass is 9.61. The third-order valence-corrected chi connectivity index (χ3v) is 6.84. The van der Waals surface area contributed by atoms with E-state index < -0.39 is 0 Å². The third-order valence-electron chi connectivity index (χ3n) is 6.84. The fourth-order valence-electron chi connectivity index (χ4n) is 5.48. The van der Waals surface area contributed by atoms with Gasteiger partial charge in [0.25, 0.3) is 0 Å². The number of hydrogen-bond donors (Lipinski definition) is 1. The summed E-state index contributed by atoms with van der Waals surface area (Å²) in [5.74, 6) is -0.0976. The molecule has 1 saturated carbocycles. The van der Waals surface area contributed by atoms with Gasteiger partial charge >= 0.3 is 12.1 Å². The predicted molar refractivity (Wildman–Crippen MR) is 141 cm³/mol. The Morgan fingerprint density at radius 3 is 1.88 bits per heavy atom. The normalized spacial score (nSPS) is 22.8. The van der Waals surface area contributed by atoms with Crippen LogP contribution in [0.5, 0.6) is 0 Å². The highest BCUT2D eigenvalue weighted by molar-refractivity contribution is 5.69. The van der Waals surface area contributed by atoms with E-state index in [4.69, 9.17) is 9.47 Å². The first-order valence-corrected chi connectivity index (χ1v) is 13.6. The lowest BCUT2D eigenvalue weighted by molar-refractivity contribution is -0.144. The summed E-state index contributed by atoms with van der Waals surface area (Å²) in [4.78, 5) is 24.7. The first-order valence-electron chi connectivity index (χ1n) is 13.6. The molecule has 1 N–H and O–H groups in total. The maximum absolute atomic E-state index is 12.4. The van der Waals surface area contributed by atoms with Crippen LogP contribution in [0, 0.1) is 21.7 Å². The van der Waals surface area contributed by atoms with Gasteiger partial charge in [0.1, 0.15) is 0 Å². The van der Waals surface area contributed by atoms with Crippen molar-refractivity contribution >= 4 is 12.1 Å². The molecule has 0 saturated heterocycles. The number of nitrogens with one attached hydrogen (secondary N) is 1. The fraction of sp³-hybridized carbons (Fsp3) is 0.931. The molecule has 1 rings (SSSR count). The largest absolute Gasteiger partial charge is 0.466 e. The van der Waals surface area contributed by atoms with Gasteiger partial charge in [-0.1, -0.05) is 62.3 Å². The second kappa shape index (κ2) is 13.2. The smallest absolute Gasteiger partial charge is 0.407 e. The Morgan fingerprint density at radius 1 is 0.824 bits per heavy atom. The summed E-state index contributed by atoms with van der Waals surface area (Å²) >= 11 is 0. The third kappa shape index (κ3) is 14.9. The molecule has 0 aromatic heterocycles. The monoisotopic (exact) mass is 481 g/mol. The van der Waals surface area contributed by atoms with Crippen molar-refractivity contribution in [3.05, 3.63) is 0 Å². The van der Waals surface area contributed by atoms with Crippen molar-refractivity contribution in [1.29, 1.82) is 0 Å². The van der Waals surface area contributed by atoms with Crippen LogP contribution in [-0.4, -0.2) is 31.3 Å². The highest BCUT2D eigenvalue weighted by atomic mass is 16.5. The van der Waals surface area contributed by atoms with Crippen molar-refractivity contribution in [1.82, 2.24) is 5.32 Å². The molecule has 0 heterocycles. The van der Waals surface area contributed by atoms with Crippen molar-refractivity contribution in [2.75, 3.05) is 13.2 Å². The molecule has 0 aromatic rings. The van der Waals surface area contributed by atoms with Crippen molar-refractivity contribution in [3.63, 3.8) is 0 Å². The molecule has 200 valence electrons. The molecule has 1 fully saturated rings. The first kappa shape index (κ1) is 30.8. The molecular formula is C29H55NO4. The summed E-state index contributed by atoms with van der Waals surface area (Å²) in [5.41, 5.74) is 0.751. The summed E-state index contributed by atoms with van der Waals surface area (Å²) in [6, 6.07) is 0.0734. The van der Waals surface area contributed by atoms with Gasteiger partial charge in [0, 0.05) is 12.5 Å². The molecule has 2 atom stereocenters. The SMILES string of the molecule is CC(C)(C)CCCCOC(=O)CCC1(C)CC(NC(=O)OCCCCC(C)(C)C)CC(C)(C)C1. The van der Waals surface area contributed by atoms with E-state index in [1.165, 1.54) is 0 Å². The molecule has 5 nitrogen and oxygen atoms in total. The van der Waals surface area contributed by atoms with Crippen molar-refractivity contribution in [2.24, 2.45) is 21.7 Å². The molecule has 0 aliphatic heterocycles. The molecule has 1 aliphatic rings. The molecule has 0 aromatic carbocycles. The van der Waals surface area contributed by atoms with E-state index in [2.05, 4.69) is 67.6 Å². The van der Waals surface area contributed by atoms with Gasteiger partial charge in [-0.2, -0.15) is 0 Å². The Labute approximate surface area is 210 Å². The van der Waals surface area contributed by atoms with E-state index >= 15 is 0 Å². The Bertz CT molecular complexity index is 629. The van der Waals surface area contributed by atoms with Crippen molar-refractivity contribution in [3.8, 4) is 0 Å². The van der Waals surface area contributed by atoms with E-state index in [0.29, 0.717) is 30.5 Å². The van der Waals surface area contributed by atoms with Crippen LogP contribution in [0.3, 0.4) is 0 Å². The maximum atomic E-state index is 12.4. The molecule has 5 heteroatoms. The minimum absolute atomic E-state index is 0.00232.